The number of anilines is 3. The number of fused-ring (bicyclic) bond motifs is 3. The van der Waals surface area contributed by atoms with Crippen LogP contribution in [0, 0.1) is 6.92 Å². The van der Waals surface area contributed by atoms with Gasteiger partial charge < -0.3 is 9.47 Å². The van der Waals surface area contributed by atoms with Crippen LogP contribution in [0.15, 0.2) is 152 Å². The van der Waals surface area contributed by atoms with Crippen LogP contribution in [0.3, 0.4) is 0 Å². The van der Waals surface area contributed by atoms with Crippen molar-refractivity contribution in [1.29, 1.82) is 0 Å². The molecule has 0 aliphatic carbocycles. The highest BCUT2D eigenvalue weighted by atomic mass is 15.1. The molecule has 2 heteroatoms. The predicted octanol–water partition coefficient (Wildman–Crippen LogP) is 10.2. The predicted molar refractivity (Wildman–Crippen MR) is 166 cm³/mol. The van der Waals surface area contributed by atoms with Crippen LogP contribution in [-0.2, 0) is 0 Å². The summed E-state index contributed by atoms with van der Waals surface area (Å²) in [7, 11) is 0. The molecule has 7 rings (SSSR count). The molecule has 0 saturated carbocycles. The Morgan fingerprint density at radius 1 is 0.462 bits per heavy atom. The topological polar surface area (TPSA) is 8.17 Å². The van der Waals surface area contributed by atoms with Gasteiger partial charge in [0.1, 0.15) is 0 Å². The lowest BCUT2D eigenvalue weighted by atomic mass is 10.1. The summed E-state index contributed by atoms with van der Waals surface area (Å²) in [5, 5.41) is 2.50. The van der Waals surface area contributed by atoms with Gasteiger partial charge in [-0.3, -0.25) is 0 Å². The highest BCUT2D eigenvalue weighted by molar-refractivity contribution is 6.10. The van der Waals surface area contributed by atoms with Crippen molar-refractivity contribution in [2.45, 2.75) is 6.92 Å². The second-order valence-corrected chi connectivity index (χ2v) is 9.93. The Kier molecular flexibility index (Phi) is 5.71. The molecule has 0 N–H and O–H groups in total. The summed E-state index contributed by atoms with van der Waals surface area (Å²) in [5.74, 6) is 0. The van der Waals surface area contributed by atoms with Crippen LogP contribution in [0.5, 0.6) is 0 Å². The molecule has 2 nitrogen and oxygen atoms in total. The minimum Gasteiger partial charge on any atom is -0.310 e. The van der Waals surface area contributed by atoms with E-state index in [0.29, 0.717) is 0 Å². The molecule has 0 saturated heterocycles. The largest absolute Gasteiger partial charge is 0.310 e. The normalized spacial score (nSPS) is 11.2. The number of nitrogens with zero attached hydrogens (tertiary/aromatic N) is 2. The maximum Gasteiger partial charge on any atom is 0.0561 e. The van der Waals surface area contributed by atoms with E-state index in [1.54, 1.807) is 0 Å². The SMILES string of the molecule is Cc1ccccc1N(c1ccccc1)c1ccc2c3ccccc3n(-c3cccc(-c4ccccc4)c3)c2c1. The van der Waals surface area contributed by atoms with Crippen molar-refractivity contribution in [3.63, 3.8) is 0 Å². The maximum absolute atomic E-state index is 2.40. The van der Waals surface area contributed by atoms with Crippen LogP contribution in [0.25, 0.3) is 38.6 Å². The highest BCUT2D eigenvalue weighted by Crippen LogP contribution is 2.40. The fourth-order valence-corrected chi connectivity index (χ4v) is 5.65. The Balaban J connectivity index is 1.49. The summed E-state index contributed by atoms with van der Waals surface area (Å²) in [6.45, 7) is 2.18. The molecule has 0 aliphatic heterocycles. The van der Waals surface area contributed by atoms with Crippen molar-refractivity contribution in [3.8, 4) is 16.8 Å². The van der Waals surface area contributed by atoms with Gasteiger partial charge in [0.25, 0.3) is 0 Å². The Hall–Kier alpha value is -5.08. The van der Waals surface area contributed by atoms with Gasteiger partial charge >= 0.3 is 0 Å². The number of hydrogen-bond donors (Lipinski definition) is 0. The van der Waals surface area contributed by atoms with Gasteiger partial charge in [-0.1, -0.05) is 103 Å². The van der Waals surface area contributed by atoms with Gasteiger partial charge in [0.15, 0.2) is 0 Å². The van der Waals surface area contributed by atoms with Crippen LogP contribution in [0.2, 0.25) is 0 Å². The molecular weight excluding hydrogens is 472 g/mol. The van der Waals surface area contributed by atoms with E-state index in [1.807, 2.05) is 0 Å². The van der Waals surface area contributed by atoms with Crippen molar-refractivity contribution >= 4 is 38.9 Å². The molecule has 0 spiro atoms. The maximum atomic E-state index is 2.40. The van der Waals surface area contributed by atoms with E-state index in [0.717, 1.165) is 17.1 Å². The Morgan fingerprint density at radius 3 is 1.95 bits per heavy atom. The smallest absolute Gasteiger partial charge is 0.0561 e. The van der Waals surface area contributed by atoms with E-state index in [-0.39, 0.29) is 0 Å². The number of benzene rings is 6. The average molecular weight is 501 g/mol. The molecule has 0 unspecified atom stereocenters. The van der Waals surface area contributed by atoms with Gasteiger partial charge in [-0.25, -0.2) is 0 Å². The number of rotatable bonds is 5. The summed E-state index contributed by atoms with van der Waals surface area (Å²) < 4.78 is 2.40. The van der Waals surface area contributed by atoms with Crippen LogP contribution in [0.4, 0.5) is 17.1 Å². The second kappa shape index (κ2) is 9.66. The molecule has 0 amide bonds. The fourth-order valence-electron chi connectivity index (χ4n) is 5.65. The molecule has 1 heterocycles. The van der Waals surface area contributed by atoms with Crippen LogP contribution in [0.1, 0.15) is 5.56 Å². The van der Waals surface area contributed by atoms with Gasteiger partial charge in [0, 0.05) is 33.5 Å². The van der Waals surface area contributed by atoms with Gasteiger partial charge in [0.05, 0.1) is 11.0 Å². The van der Waals surface area contributed by atoms with Crippen LogP contribution < -0.4 is 4.90 Å². The standard InChI is InChI=1S/C37H28N2/c1-27-13-8-10-21-35(27)38(30-17-6-3-7-18-30)32-23-24-34-33-20-9-11-22-36(33)39(37(34)26-32)31-19-12-16-29(25-31)28-14-4-2-5-15-28/h2-26H,1H3. The number of aromatic nitrogens is 1. The van der Waals surface area contributed by atoms with E-state index in [9.17, 15) is 0 Å². The third-order valence-electron chi connectivity index (χ3n) is 7.50. The van der Waals surface area contributed by atoms with Crippen molar-refractivity contribution < 1.29 is 0 Å². The monoisotopic (exact) mass is 500 g/mol. The molecule has 186 valence electrons. The minimum absolute atomic E-state index is 1.13. The van der Waals surface area contributed by atoms with Crippen LogP contribution in [-0.4, -0.2) is 4.57 Å². The van der Waals surface area contributed by atoms with E-state index in [2.05, 4.69) is 168 Å². The molecular formula is C37H28N2. The molecule has 0 bridgehead atoms. The van der Waals surface area contributed by atoms with Gasteiger partial charge in [-0.05, 0) is 72.1 Å². The number of para-hydroxylation sites is 3. The molecule has 0 aliphatic rings. The molecule has 7 aromatic rings. The lowest BCUT2D eigenvalue weighted by molar-refractivity contribution is 1.18. The van der Waals surface area contributed by atoms with Crippen molar-refractivity contribution in [2.24, 2.45) is 0 Å². The summed E-state index contributed by atoms with van der Waals surface area (Å²) >= 11 is 0. The first-order valence-corrected chi connectivity index (χ1v) is 13.4. The van der Waals surface area contributed by atoms with Gasteiger partial charge in [-0.2, -0.15) is 0 Å². The lowest BCUT2D eigenvalue weighted by Gasteiger charge is -2.27. The average Bonchev–Trinajstić information content (AvgIpc) is 3.33. The summed E-state index contributed by atoms with van der Waals surface area (Å²) in [5.41, 5.74) is 10.7. The third-order valence-corrected chi connectivity index (χ3v) is 7.50. The van der Waals surface area contributed by atoms with E-state index in [4.69, 9.17) is 0 Å². The van der Waals surface area contributed by atoms with E-state index >= 15 is 0 Å². The van der Waals surface area contributed by atoms with E-state index < -0.39 is 0 Å². The molecule has 39 heavy (non-hydrogen) atoms. The molecule has 6 aromatic carbocycles. The van der Waals surface area contributed by atoms with Gasteiger partial charge in [-0.15, -0.1) is 0 Å². The fraction of sp³-hybridized carbons (Fsp3) is 0.0270. The Bertz CT molecular complexity index is 1920. The quantitative estimate of drug-likeness (QED) is 0.228. The zero-order valence-electron chi connectivity index (χ0n) is 21.8. The zero-order chi connectivity index (χ0) is 26.2. The molecule has 0 atom stereocenters. The van der Waals surface area contributed by atoms with Gasteiger partial charge in [0.2, 0.25) is 0 Å². The van der Waals surface area contributed by atoms with E-state index in [1.165, 1.54) is 44.2 Å². The molecule has 0 fully saturated rings. The minimum atomic E-state index is 1.13. The first kappa shape index (κ1) is 23.1. The first-order valence-electron chi connectivity index (χ1n) is 13.4. The summed E-state index contributed by atoms with van der Waals surface area (Å²) in [6.07, 6.45) is 0. The van der Waals surface area contributed by atoms with Crippen molar-refractivity contribution in [2.75, 3.05) is 4.90 Å². The Morgan fingerprint density at radius 2 is 1.13 bits per heavy atom. The summed E-state index contributed by atoms with van der Waals surface area (Å²) in [6, 6.07) is 54.2. The van der Waals surface area contributed by atoms with Crippen LogP contribution >= 0.6 is 0 Å². The zero-order valence-corrected chi connectivity index (χ0v) is 21.8. The Labute approximate surface area is 229 Å². The second-order valence-electron chi connectivity index (χ2n) is 9.93. The highest BCUT2D eigenvalue weighted by Gasteiger charge is 2.18. The first-order chi connectivity index (χ1) is 19.3. The molecule has 1 aromatic heterocycles. The third kappa shape index (κ3) is 4.07. The van der Waals surface area contributed by atoms with Crippen molar-refractivity contribution in [3.05, 3.63) is 157 Å². The van der Waals surface area contributed by atoms with Crippen molar-refractivity contribution in [1.82, 2.24) is 4.57 Å². The lowest BCUT2D eigenvalue weighted by Crippen LogP contribution is -2.11. The molecule has 0 radical (unpaired) electrons. The number of aryl methyl sites for hydroxylation is 1. The summed E-state index contributed by atoms with van der Waals surface area (Å²) in [4.78, 5) is 2.36. The number of hydrogen-bond acceptors (Lipinski definition) is 1.